The highest BCUT2D eigenvalue weighted by Crippen LogP contribution is 2.31. The number of hydrogen-bond donors (Lipinski definition) is 1. The predicted molar refractivity (Wildman–Crippen MR) is 76.8 cm³/mol. The second-order valence-electron chi connectivity index (χ2n) is 4.74. The minimum Gasteiger partial charge on any atom is -0.464 e. The summed E-state index contributed by atoms with van der Waals surface area (Å²) in [5, 5.41) is 0. The lowest BCUT2D eigenvalue weighted by atomic mass is 10.0. The Morgan fingerprint density at radius 2 is 2.00 bits per heavy atom. The molecule has 1 heterocycles. The maximum absolute atomic E-state index is 5.81. The number of hydrogen-bond acceptors (Lipinski definition) is 4. The summed E-state index contributed by atoms with van der Waals surface area (Å²) in [6.07, 6.45) is 7.48. The molecule has 0 bridgehead atoms. The average molecular weight is 271 g/mol. The molecule has 1 aromatic rings. The summed E-state index contributed by atoms with van der Waals surface area (Å²) in [7, 11) is 1.65. The van der Waals surface area contributed by atoms with E-state index in [0.29, 0.717) is 0 Å². The number of fused-ring (bicyclic) bond motifs is 1. The molecule has 0 aromatic heterocycles. The molecule has 0 amide bonds. The second kappa shape index (κ2) is 5.43. The molecule has 1 aliphatic heterocycles. The zero-order valence-electron chi connectivity index (χ0n) is 11.3. The van der Waals surface area contributed by atoms with Crippen LogP contribution in [0.25, 0.3) is 0 Å². The van der Waals surface area contributed by atoms with Gasteiger partial charge in [0, 0.05) is 25.3 Å². The van der Waals surface area contributed by atoms with E-state index < -0.39 is 0 Å². The van der Waals surface area contributed by atoms with E-state index in [4.69, 9.17) is 19.9 Å². The zero-order valence-corrected chi connectivity index (χ0v) is 11.3. The number of ether oxygens (including phenoxy) is 3. The minimum atomic E-state index is -0.208. The molecule has 0 radical (unpaired) electrons. The molecule has 0 saturated heterocycles. The fourth-order valence-electron chi connectivity index (χ4n) is 2.20. The molecule has 20 heavy (non-hydrogen) atoms. The molecule has 2 aliphatic rings. The van der Waals surface area contributed by atoms with Gasteiger partial charge in [-0.2, -0.15) is 0 Å². The molecule has 1 atom stereocenters. The number of allylic oxidation sites excluding steroid dienone is 3. The van der Waals surface area contributed by atoms with Gasteiger partial charge < -0.3 is 19.9 Å². The Kier molecular flexibility index (Phi) is 3.48. The molecule has 0 saturated carbocycles. The maximum Gasteiger partial charge on any atom is 0.203 e. The Hall–Kier alpha value is -2.20. The van der Waals surface area contributed by atoms with Gasteiger partial charge in [0.2, 0.25) is 6.29 Å². The van der Waals surface area contributed by atoms with Crippen LogP contribution in [0, 0.1) is 0 Å². The summed E-state index contributed by atoms with van der Waals surface area (Å²) in [4.78, 5) is 0. The molecule has 4 heteroatoms. The Morgan fingerprint density at radius 3 is 2.75 bits per heavy atom. The van der Waals surface area contributed by atoms with Crippen LogP contribution in [0.5, 0.6) is 5.75 Å². The summed E-state index contributed by atoms with van der Waals surface area (Å²) >= 11 is 0. The third-order valence-corrected chi connectivity index (χ3v) is 3.31. The van der Waals surface area contributed by atoms with E-state index in [1.807, 2.05) is 36.4 Å². The van der Waals surface area contributed by atoms with Gasteiger partial charge in [-0.05, 0) is 42.3 Å². The van der Waals surface area contributed by atoms with E-state index in [0.717, 1.165) is 35.8 Å². The Morgan fingerprint density at radius 1 is 1.20 bits per heavy atom. The molecule has 1 aliphatic carbocycles. The summed E-state index contributed by atoms with van der Waals surface area (Å²) in [6.45, 7) is 0. The largest absolute Gasteiger partial charge is 0.464 e. The van der Waals surface area contributed by atoms with Gasteiger partial charge in [-0.25, -0.2) is 0 Å². The summed E-state index contributed by atoms with van der Waals surface area (Å²) in [5.74, 6) is 2.36. The van der Waals surface area contributed by atoms with Gasteiger partial charge in [0.25, 0.3) is 0 Å². The molecule has 104 valence electrons. The highest BCUT2D eigenvalue weighted by atomic mass is 16.7. The van der Waals surface area contributed by atoms with Crippen molar-refractivity contribution in [1.82, 2.24) is 0 Å². The highest BCUT2D eigenvalue weighted by Gasteiger charge is 2.22. The van der Waals surface area contributed by atoms with Gasteiger partial charge >= 0.3 is 0 Å². The van der Waals surface area contributed by atoms with Crippen LogP contribution >= 0.6 is 0 Å². The number of rotatable bonds is 3. The molecule has 0 fully saturated rings. The Balaban J connectivity index is 1.75. The molecule has 3 rings (SSSR count). The first kappa shape index (κ1) is 12.8. The summed E-state index contributed by atoms with van der Waals surface area (Å²) in [6, 6.07) is 7.32. The number of anilines is 1. The molecule has 1 aromatic carbocycles. The second-order valence-corrected chi connectivity index (χ2v) is 4.74. The predicted octanol–water partition coefficient (Wildman–Crippen LogP) is 3.14. The van der Waals surface area contributed by atoms with Crippen LogP contribution in [0.3, 0.4) is 0 Å². The normalized spacial score (nSPS) is 21.1. The van der Waals surface area contributed by atoms with Crippen molar-refractivity contribution in [3.63, 3.8) is 0 Å². The number of nitrogens with two attached hydrogens (primary N) is 1. The van der Waals surface area contributed by atoms with Crippen LogP contribution in [0.1, 0.15) is 12.8 Å². The molecular formula is C16H17NO3. The molecular weight excluding hydrogens is 254 g/mol. The average Bonchev–Trinajstić information content (AvgIpc) is 2.49. The summed E-state index contributed by atoms with van der Waals surface area (Å²) in [5.41, 5.74) is 7.56. The van der Waals surface area contributed by atoms with Crippen molar-refractivity contribution in [3.05, 3.63) is 59.6 Å². The molecule has 4 nitrogen and oxygen atoms in total. The van der Waals surface area contributed by atoms with Gasteiger partial charge in [-0.3, -0.25) is 0 Å². The standard InChI is InChI=1S/C16H17NO3/c1-18-16-9-3-11-2-6-14(10-15(11)20-16)19-13-7-4-12(17)5-8-13/h3-8,10,16H,2,9,17H2,1H3. The van der Waals surface area contributed by atoms with Crippen LogP contribution < -0.4 is 10.5 Å². The fraction of sp³-hybridized carbons (Fsp3) is 0.250. The van der Waals surface area contributed by atoms with E-state index in [9.17, 15) is 0 Å². The SMILES string of the molecule is COC1CC=C2CC=C(Oc3ccc(N)cc3)C=C2O1. The van der Waals surface area contributed by atoms with Gasteiger partial charge in [-0.15, -0.1) is 0 Å². The lowest BCUT2D eigenvalue weighted by Gasteiger charge is -2.27. The lowest BCUT2D eigenvalue weighted by Crippen LogP contribution is -2.20. The van der Waals surface area contributed by atoms with Gasteiger partial charge in [0.15, 0.2) is 0 Å². The van der Waals surface area contributed by atoms with E-state index >= 15 is 0 Å². The van der Waals surface area contributed by atoms with Crippen LogP contribution in [-0.2, 0) is 9.47 Å². The van der Waals surface area contributed by atoms with Crippen molar-refractivity contribution >= 4 is 5.69 Å². The highest BCUT2D eigenvalue weighted by molar-refractivity contribution is 5.44. The topological polar surface area (TPSA) is 53.7 Å². The van der Waals surface area contributed by atoms with Crippen molar-refractivity contribution in [2.75, 3.05) is 12.8 Å². The Labute approximate surface area is 118 Å². The molecule has 1 unspecified atom stereocenters. The minimum absolute atomic E-state index is 0.208. The fourth-order valence-corrected chi connectivity index (χ4v) is 2.20. The van der Waals surface area contributed by atoms with Crippen molar-refractivity contribution in [1.29, 1.82) is 0 Å². The number of nitrogen functional groups attached to an aromatic ring is 1. The van der Waals surface area contributed by atoms with Crippen molar-refractivity contribution in [2.45, 2.75) is 19.1 Å². The van der Waals surface area contributed by atoms with Crippen molar-refractivity contribution in [3.8, 4) is 5.75 Å². The van der Waals surface area contributed by atoms with Crippen LogP contribution in [-0.4, -0.2) is 13.4 Å². The van der Waals surface area contributed by atoms with Gasteiger partial charge in [-0.1, -0.05) is 6.08 Å². The zero-order chi connectivity index (χ0) is 13.9. The smallest absolute Gasteiger partial charge is 0.203 e. The number of methoxy groups -OCH3 is 1. The van der Waals surface area contributed by atoms with Crippen molar-refractivity contribution < 1.29 is 14.2 Å². The van der Waals surface area contributed by atoms with E-state index in [1.165, 1.54) is 5.57 Å². The van der Waals surface area contributed by atoms with E-state index in [2.05, 4.69) is 6.08 Å². The van der Waals surface area contributed by atoms with Crippen molar-refractivity contribution in [2.24, 2.45) is 0 Å². The monoisotopic (exact) mass is 271 g/mol. The van der Waals surface area contributed by atoms with E-state index in [-0.39, 0.29) is 6.29 Å². The first-order valence-corrected chi connectivity index (χ1v) is 6.59. The molecule has 2 N–H and O–H groups in total. The first-order valence-electron chi connectivity index (χ1n) is 6.59. The first-order chi connectivity index (χ1) is 9.74. The van der Waals surface area contributed by atoms with Gasteiger partial charge in [0.05, 0.1) is 0 Å². The lowest BCUT2D eigenvalue weighted by molar-refractivity contribution is -0.0938. The summed E-state index contributed by atoms with van der Waals surface area (Å²) < 4.78 is 16.8. The van der Waals surface area contributed by atoms with Crippen LogP contribution in [0.15, 0.2) is 59.6 Å². The van der Waals surface area contributed by atoms with E-state index in [1.54, 1.807) is 7.11 Å². The number of benzene rings is 1. The quantitative estimate of drug-likeness (QED) is 0.858. The van der Waals surface area contributed by atoms with Crippen LogP contribution in [0.4, 0.5) is 5.69 Å². The van der Waals surface area contributed by atoms with Crippen LogP contribution in [0.2, 0.25) is 0 Å². The molecule has 0 spiro atoms. The maximum atomic E-state index is 5.81. The third kappa shape index (κ3) is 2.70. The van der Waals surface area contributed by atoms with Gasteiger partial charge in [0.1, 0.15) is 17.3 Å². The third-order valence-electron chi connectivity index (χ3n) is 3.31. The Bertz CT molecular complexity index is 584.